The van der Waals surface area contributed by atoms with Crippen LogP contribution in [-0.4, -0.2) is 11.7 Å². The quantitative estimate of drug-likeness (QED) is 0.826. The SMILES string of the molecule is CCOc1ccc(C(O)C2CCCCC2(C)C)c(Br)c1. The molecular formula is C17H25BrO2. The van der Waals surface area contributed by atoms with Crippen LogP contribution in [-0.2, 0) is 0 Å². The Hall–Kier alpha value is -0.540. The minimum absolute atomic E-state index is 0.204. The van der Waals surface area contributed by atoms with E-state index in [9.17, 15) is 5.11 Å². The second kappa shape index (κ2) is 6.48. The third-order valence-corrected chi connectivity index (χ3v) is 5.26. The van der Waals surface area contributed by atoms with E-state index in [1.165, 1.54) is 19.3 Å². The van der Waals surface area contributed by atoms with Crippen molar-refractivity contribution in [3.05, 3.63) is 28.2 Å². The Kier molecular flexibility index (Phi) is 5.14. The van der Waals surface area contributed by atoms with E-state index in [0.717, 1.165) is 22.2 Å². The first-order valence-electron chi connectivity index (χ1n) is 7.56. The van der Waals surface area contributed by atoms with Crippen LogP contribution >= 0.6 is 15.9 Å². The first-order chi connectivity index (χ1) is 9.45. The molecule has 1 aromatic carbocycles. The van der Waals surface area contributed by atoms with Crippen molar-refractivity contribution in [2.24, 2.45) is 11.3 Å². The third-order valence-electron chi connectivity index (χ3n) is 4.57. The molecule has 0 radical (unpaired) electrons. The Balaban J connectivity index is 2.22. The van der Waals surface area contributed by atoms with E-state index in [2.05, 4.69) is 29.8 Å². The molecule has 3 heteroatoms. The molecule has 0 saturated heterocycles. The molecule has 2 unspecified atom stereocenters. The number of rotatable bonds is 4. The van der Waals surface area contributed by atoms with Crippen molar-refractivity contribution in [1.29, 1.82) is 0 Å². The van der Waals surface area contributed by atoms with Crippen molar-refractivity contribution in [3.63, 3.8) is 0 Å². The van der Waals surface area contributed by atoms with Gasteiger partial charge in [-0.15, -0.1) is 0 Å². The molecule has 1 aliphatic rings. The summed E-state index contributed by atoms with van der Waals surface area (Å²) in [5.74, 6) is 1.17. The zero-order valence-electron chi connectivity index (χ0n) is 12.7. The Morgan fingerprint density at radius 2 is 2.15 bits per heavy atom. The highest BCUT2D eigenvalue weighted by Gasteiger charge is 2.37. The minimum Gasteiger partial charge on any atom is -0.494 e. The van der Waals surface area contributed by atoms with Crippen LogP contribution in [0.5, 0.6) is 5.75 Å². The van der Waals surface area contributed by atoms with Gasteiger partial charge < -0.3 is 9.84 Å². The fourth-order valence-corrected chi connectivity index (χ4v) is 3.92. The highest BCUT2D eigenvalue weighted by molar-refractivity contribution is 9.10. The van der Waals surface area contributed by atoms with Gasteiger partial charge in [0, 0.05) is 4.47 Å². The second-order valence-corrected chi connectivity index (χ2v) is 7.26. The van der Waals surface area contributed by atoms with Gasteiger partial charge in [-0.3, -0.25) is 0 Å². The van der Waals surface area contributed by atoms with Crippen LogP contribution in [0, 0.1) is 11.3 Å². The van der Waals surface area contributed by atoms with E-state index in [-0.39, 0.29) is 5.41 Å². The molecule has 1 saturated carbocycles. The van der Waals surface area contributed by atoms with Crippen molar-refractivity contribution in [3.8, 4) is 5.75 Å². The molecule has 2 atom stereocenters. The predicted molar refractivity (Wildman–Crippen MR) is 86.0 cm³/mol. The maximum absolute atomic E-state index is 10.8. The molecule has 0 aromatic heterocycles. The smallest absolute Gasteiger partial charge is 0.120 e. The standard InChI is InChI=1S/C17H25BrO2/c1-4-20-12-8-9-13(15(18)11-12)16(19)14-7-5-6-10-17(14,2)3/h8-9,11,14,16,19H,4-7,10H2,1-3H3. The lowest BCUT2D eigenvalue weighted by Crippen LogP contribution is -2.32. The molecule has 0 bridgehead atoms. The van der Waals surface area contributed by atoms with Crippen molar-refractivity contribution in [2.75, 3.05) is 6.61 Å². The summed E-state index contributed by atoms with van der Waals surface area (Å²) in [6, 6.07) is 5.89. The van der Waals surface area contributed by atoms with E-state index in [4.69, 9.17) is 4.74 Å². The minimum atomic E-state index is -0.407. The molecule has 20 heavy (non-hydrogen) atoms. The zero-order chi connectivity index (χ0) is 14.8. The maximum atomic E-state index is 10.8. The van der Waals surface area contributed by atoms with Crippen molar-refractivity contribution in [1.82, 2.24) is 0 Å². The number of halogens is 1. The number of ether oxygens (including phenoxy) is 1. The highest BCUT2D eigenvalue weighted by atomic mass is 79.9. The molecule has 0 spiro atoms. The maximum Gasteiger partial charge on any atom is 0.120 e. The molecule has 1 N–H and O–H groups in total. The monoisotopic (exact) mass is 340 g/mol. The third kappa shape index (κ3) is 3.37. The average Bonchev–Trinajstić information content (AvgIpc) is 2.38. The first kappa shape index (κ1) is 15.8. The zero-order valence-corrected chi connectivity index (χ0v) is 14.2. The van der Waals surface area contributed by atoms with Gasteiger partial charge >= 0.3 is 0 Å². The van der Waals surface area contributed by atoms with Crippen LogP contribution in [0.2, 0.25) is 0 Å². The molecule has 2 nitrogen and oxygen atoms in total. The lowest BCUT2D eigenvalue weighted by molar-refractivity contribution is 0.00344. The Morgan fingerprint density at radius 1 is 1.40 bits per heavy atom. The number of hydrogen-bond donors (Lipinski definition) is 1. The van der Waals surface area contributed by atoms with Crippen LogP contribution in [0.3, 0.4) is 0 Å². The molecule has 1 aliphatic carbocycles. The molecule has 0 aliphatic heterocycles. The van der Waals surface area contributed by atoms with E-state index in [0.29, 0.717) is 12.5 Å². The molecule has 0 heterocycles. The highest BCUT2D eigenvalue weighted by Crippen LogP contribution is 2.47. The van der Waals surface area contributed by atoms with Gasteiger partial charge in [0.15, 0.2) is 0 Å². The van der Waals surface area contributed by atoms with Crippen LogP contribution in [0.4, 0.5) is 0 Å². The van der Waals surface area contributed by atoms with Gasteiger partial charge in [0.05, 0.1) is 12.7 Å². The second-order valence-electron chi connectivity index (χ2n) is 6.40. The Labute approximate surface area is 130 Å². The first-order valence-corrected chi connectivity index (χ1v) is 8.35. The molecule has 112 valence electrons. The van der Waals surface area contributed by atoms with Crippen molar-refractivity contribution >= 4 is 15.9 Å². The fourth-order valence-electron chi connectivity index (χ4n) is 3.33. The average molecular weight is 341 g/mol. The van der Waals surface area contributed by atoms with Gasteiger partial charge in [-0.25, -0.2) is 0 Å². The molecule has 0 amide bonds. The molecule has 1 aromatic rings. The topological polar surface area (TPSA) is 29.5 Å². The number of benzene rings is 1. The largest absolute Gasteiger partial charge is 0.494 e. The van der Waals surface area contributed by atoms with Gasteiger partial charge in [0.2, 0.25) is 0 Å². The number of aliphatic hydroxyl groups is 1. The Morgan fingerprint density at radius 3 is 2.75 bits per heavy atom. The van der Waals surface area contributed by atoms with E-state index in [1.54, 1.807) is 0 Å². The van der Waals surface area contributed by atoms with Crippen LogP contribution in [0.25, 0.3) is 0 Å². The summed E-state index contributed by atoms with van der Waals surface area (Å²) < 4.78 is 6.44. The van der Waals surface area contributed by atoms with Gasteiger partial charge in [-0.1, -0.05) is 48.7 Å². The summed E-state index contributed by atoms with van der Waals surface area (Å²) in [5.41, 5.74) is 1.18. The Bertz CT molecular complexity index is 456. The van der Waals surface area contributed by atoms with Gasteiger partial charge in [-0.2, -0.15) is 0 Å². The molecule has 1 fully saturated rings. The number of aliphatic hydroxyl groups excluding tert-OH is 1. The summed E-state index contributed by atoms with van der Waals surface area (Å²) >= 11 is 3.58. The van der Waals surface area contributed by atoms with Crippen molar-refractivity contribution in [2.45, 2.75) is 52.6 Å². The fraction of sp³-hybridized carbons (Fsp3) is 0.647. The van der Waals surface area contributed by atoms with Gasteiger partial charge in [-0.05, 0) is 48.8 Å². The van der Waals surface area contributed by atoms with Gasteiger partial charge in [0.1, 0.15) is 5.75 Å². The number of hydrogen-bond acceptors (Lipinski definition) is 2. The van der Waals surface area contributed by atoms with Crippen molar-refractivity contribution < 1.29 is 9.84 Å². The van der Waals surface area contributed by atoms with Crippen LogP contribution < -0.4 is 4.74 Å². The predicted octanol–water partition coefficient (Wildman–Crippen LogP) is 5.10. The summed E-state index contributed by atoms with van der Waals surface area (Å²) in [6.45, 7) is 7.19. The summed E-state index contributed by atoms with van der Waals surface area (Å²) in [7, 11) is 0. The lowest BCUT2D eigenvalue weighted by atomic mass is 9.65. The van der Waals surface area contributed by atoms with E-state index < -0.39 is 6.10 Å². The van der Waals surface area contributed by atoms with Crippen LogP contribution in [0.15, 0.2) is 22.7 Å². The van der Waals surface area contributed by atoms with E-state index >= 15 is 0 Å². The lowest BCUT2D eigenvalue weighted by Gasteiger charge is -2.41. The summed E-state index contributed by atoms with van der Waals surface area (Å²) in [4.78, 5) is 0. The summed E-state index contributed by atoms with van der Waals surface area (Å²) in [6.07, 6.45) is 4.40. The molecule has 2 rings (SSSR count). The van der Waals surface area contributed by atoms with E-state index in [1.807, 2.05) is 25.1 Å². The summed E-state index contributed by atoms with van der Waals surface area (Å²) in [5, 5.41) is 10.8. The van der Waals surface area contributed by atoms with Gasteiger partial charge in [0.25, 0.3) is 0 Å². The normalized spacial score (nSPS) is 23.4. The van der Waals surface area contributed by atoms with Crippen LogP contribution in [0.1, 0.15) is 58.1 Å². The molecular weight excluding hydrogens is 316 g/mol.